The van der Waals surface area contributed by atoms with Crippen molar-refractivity contribution < 1.29 is 9.53 Å². The molecule has 4 aromatic carbocycles. The molecule has 228 valence electrons. The van der Waals surface area contributed by atoms with E-state index in [1.165, 1.54) is 11.8 Å². The van der Waals surface area contributed by atoms with Gasteiger partial charge in [-0.3, -0.25) is 5.32 Å². The number of hydrogen-bond acceptors (Lipinski definition) is 7. The van der Waals surface area contributed by atoms with Crippen molar-refractivity contribution in [3.05, 3.63) is 119 Å². The lowest BCUT2D eigenvalue weighted by Crippen LogP contribution is -2.37. The Morgan fingerprint density at radius 3 is 1.84 bits per heavy atom. The van der Waals surface area contributed by atoms with E-state index in [0.29, 0.717) is 5.17 Å². The highest BCUT2D eigenvalue weighted by Gasteiger charge is 2.44. The fraction of sp³-hybridized carbons (Fsp3) is 0.278. The van der Waals surface area contributed by atoms with Crippen LogP contribution in [0.15, 0.2) is 102 Å². The molecule has 5 rings (SSSR count). The summed E-state index contributed by atoms with van der Waals surface area (Å²) in [4.78, 5) is 24.6. The molecule has 0 saturated carbocycles. The van der Waals surface area contributed by atoms with Crippen molar-refractivity contribution in [3.8, 4) is 0 Å². The lowest BCUT2D eigenvalue weighted by atomic mass is 9.82. The van der Waals surface area contributed by atoms with Crippen LogP contribution in [0.5, 0.6) is 0 Å². The van der Waals surface area contributed by atoms with E-state index in [0.717, 1.165) is 58.1 Å². The van der Waals surface area contributed by atoms with E-state index in [9.17, 15) is 4.79 Å². The summed E-state index contributed by atoms with van der Waals surface area (Å²) in [5.41, 5.74) is 8.31. The highest BCUT2D eigenvalue weighted by Crippen LogP contribution is 2.55. The van der Waals surface area contributed by atoms with Gasteiger partial charge in [0.05, 0.1) is 5.69 Å². The van der Waals surface area contributed by atoms with Crippen molar-refractivity contribution in [2.45, 2.75) is 25.2 Å². The van der Waals surface area contributed by atoms with Crippen LogP contribution < -0.4 is 20.0 Å². The molecule has 1 aliphatic rings. The molecular weight excluding hydrogens is 566 g/mol. The molecule has 0 saturated heterocycles. The van der Waals surface area contributed by atoms with Gasteiger partial charge in [-0.1, -0.05) is 72.4 Å². The molecule has 1 amide bonds. The Bertz CT molecular complexity index is 1550. The first kappa shape index (κ1) is 31.0. The number of ether oxygens (including phenoxy) is 1. The number of benzene rings is 4. The van der Waals surface area contributed by atoms with E-state index < -0.39 is 10.8 Å². The number of alkyl carbamates (subject to hydrolysis) is 1. The van der Waals surface area contributed by atoms with Crippen LogP contribution in [0.25, 0.3) is 0 Å². The normalized spacial score (nSPS) is 13.4. The Labute approximate surface area is 265 Å². The zero-order valence-electron chi connectivity index (χ0n) is 26.4. The molecular formula is C36H41N5O2S. The first-order valence-electron chi connectivity index (χ1n) is 15.0. The lowest BCUT2D eigenvalue weighted by molar-refractivity contribution is 0.145. The van der Waals surface area contributed by atoms with Crippen LogP contribution in [0.1, 0.15) is 36.1 Å². The largest absolute Gasteiger partial charge is 0.444 e. The van der Waals surface area contributed by atoms with Gasteiger partial charge < -0.3 is 19.4 Å². The maximum absolute atomic E-state index is 13.1. The van der Waals surface area contributed by atoms with Crippen molar-refractivity contribution in [3.63, 3.8) is 0 Å². The summed E-state index contributed by atoms with van der Waals surface area (Å²) < 4.78 is 4.93. The first-order valence-corrected chi connectivity index (χ1v) is 15.8. The Morgan fingerprint density at radius 2 is 1.32 bits per heavy atom. The SMILES string of the molecule is CCN(CC)c1ccc2c(c1)N=C(NC(=O)OCc1ccccc1)SC2(c1ccc(N(C)C)cc1)c1ccc(N(C)C)cc1. The second kappa shape index (κ2) is 13.5. The van der Waals surface area contributed by atoms with Crippen molar-refractivity contribution in [2.24, 2.45) is 4.99 Å². The summed E-state index contributed by atoms with van der Waals surface area (Å²) in [5, 5.41) is 3.47. The van der Waals surface area contributed by atoms with E-state index in [-0.39, 0.29) is 6.61 Å². The number of anilines is 3. The van der Waals surface area contributed by atoms with Gasteiger partial charge in [-0.15, -0.1) is 0 Å². The Balaban J connectivity index is 1.64. The van der Waals surface area contributed by atoms with Crippen LogP contribution in [-0.2, 0) is 16.1 Å². The van der Waals surface area contributed by atoms with Crippen LogP contribution in [0.3, 0.4) is 0 Å². The average molecular weight is 608 g/mol. The minimum Gasteiger partial charge on any atom is -0.444 e. The van der Waals surface area contributed by atoms with Gasteiger partial charge in [-0.05, 0) is 66.9 Å². The predicted molar refractivity (Wildman–Crippen MR) is 186 cm³/mol. The molecule has 0 unspecified atom stereocenters. The number of thioether (sulfide) groups is 1. The number of amides is 1. The van der Waals surface area contributed by atoms with Gasteiger partial charge in [-0.2, -0.15) is 0 Å². The summed E-state index contributed by atoms with van der Waals surface area (Å²) in [6.45, 7) is 6.25. The topological polar surface area (TPSA) is 60.4 Å². The lowest BCUT2D eigenvalue weighted by Gasteiger charge is -2.39. The van der Waals surface area contributed by atoms with E-state index in [4.69, 9.17) is 9.73 Å². The van der Waals surface area contributed by atoms with Crippen molar-refractivity contribution >= 4 is 45.8 Å². The molecule has 1 aliphatic heterocycles. The molecule has 1 heterocycles. The number of nitrogens with one attached hydrogen (secondary N) is 1. The average Bonchev–Trinajstić information content (AvgIpc) is 3.04. The summed E-state index contributed by atoms with van der Waals surface area (Å²) in [6, 6.07) is 33.5. The summed E-state index contributed by atoms with van der Waals surface area (Å²) in [7, 11) is 8.17. The summed E-state index contributed by atoms with van der Waals surface area (Å²) in [6.07, 6.45) is -0.539. The minimum absolute atomic E-state index is 0.177. The fourth-order valence-electron chi connectivity index (χ4n) is 5.51. The van der Waals surface area contributed by atoms with Gasteiger partial charge in [0.15, 0.2) is 5.17 Å². The van der Waals surface area contributed by atoms with Gasteiger partial charge in [-0.25, -0.2) is 9.79 Å². The van der Waals surface area contributed by atoms with Crippen LogP contribution in [0.2, 0.25) is 0 Å². The molecule has 0 atom stereocenters. The molecule has 7 nitrogen and oxygen atoms in total. The molecule has 0 bridgehead atoms. The highest BCUT2D eigenvalue weighted by atomic mass is 32.2. The van der Waals surface area contributed by atoms with Crippen molar-refractivity contribution in [1.82, 2.24) is 5.32 Å². The highest BCUT2D eigenvalue weighted by molar-refractivity contribution is 8.15. The smallest absolute Gasteiger partial charge is 0.413 e. The number of carbonyl (C=O) groups is 1. The molecule has 4 aromatic rings. The first-order chi connectivity index (χ1) is 21.2. The zero-order valence-corrected chi connectivity index (χ0v) is 27.2. The molecule has 0 fully saturated rings. The molecule has 0 radical (unpaired) electrons. The number of aliphatic imine (C=N–C) groups is 1. The Kier molecular flexibility index (Phi) is 9.49. The molecule has 0 aliphatic carbocycles. The number of rotatable bonds is 9. The maximum Gasteiger partial charge on any atom is 0.413 e. The second-order valence-corrected chi connectivity index (χ2v) is 12.3. The maximum atomic E-state index is 13.1. The zero-order chi connectivity index (χ0) is 31.3. The van der Waals surface area contributed by atoms with Gasteiger partial charge in [0, 0.05) is 63.9 Å². The predicted octanol–water partition coefficient (Wildman–Crippen LogP) is 7.62. The van der Waals surface area contributed by atoms with E-state index in [1.807, 2.05) is 58.5 Å². The number of amidine groups is 1. The van der Waals surface area contributed by atoms with Crippen LogP contribution in [0.4, 0.5) is 27.5 Å². The van der Waals surface area contributed by atoms with Gasteiger partial charge in [0.2, 0.25) is 0 Å². The monoisotopic (exact) mass is 607 g/mol. The van der Waals surface area contributed by atoms with E-state index in [1.54, 1.807) is 0 Å². The molecule has 0 spiro atoms. The Hall–Kier alpha value is -4.43. The molecule has 0 aromatic heterocycles. The van der Waals surface area contributed by atoms with E-state index in [2.05, 4.69) is 101 Å². The van der Waals surface area contributed by atoms with Crippen molar-refractivity contribution in [1.29, 1.82) is 0 Å². The standard InChI is InChI=1S/C36H41N5O2S/c1-7-41(8-2)31-22-23-32-33(24-31)37-34(38-35(42)43-25-26-12-10-9-11-13-26)44-36(32,27-14-18-29(19-15-27)39(3)4)28-16-20-30(21-17-28)40(5)6/h9-24H,7-8,25H2,1-6H3,(H,37,38,42). The number of carbonyl (C=O) groups excluding carboxylic acids is 1. The summed E-state index contributed by atoms with van der Waals surface area (Å²) in [5.74, 6) is 0. The molecule has 8 heteroatoms. The van der Waals surface area contributed by atoms with Gasteiger partial charge >= 0.3 is 6.09 Å². The van der Waals surface area contributed by atoms with Crippen LogP contribution in [-0.4, -0.2) is 52.5 Å². The minimum atomic E-state index is -0.684. The van der Waals surface area contributed by atoms with Gasteiger partial charge in [0.25, 0.3) is 0 Å². The Morgan fingerprint density at radius 1 is 0.773 bits per heavy atom. The van der Waals surface area contributed by atoms with E-state index >= 15 is 0 Å². The number of hydrogen-bond donors (Lipinski definition) is 1. The molecule has 44 heavy (non-hydrogen) atoms. The number of fused-ring (bicyclic) bond motifs is 1. The van der Waals surface area contributed by atoms with Crippen LogP contribution in [0, 0.1) is 0 Å². The second-order valence-electron chi connectivity index (χ2n) is 11.1. The van der Waals surface area contributed by atoms with Crippen molar-refractivity contribution in [2.75, 3.05) is 56.0 Å². The third kappa shape index (κ3) is 6.40. The third-order valence-corrected chi connectivity index (χ3v) is 9.35. The number of nitrogens with zero attached hydrogens (tertiary/aromatic N) is 4. The van der Waals surface area contributed by atoms with Crippen LogP contribution >= 0.6 is 11.8 Å². The third-order valence-electron chi connectivity index (χ3n) is 7.96. The summed E-state index contributed by atoms with van der Waals surface area (Å²) >= 11 is 1.53. The quantitative estimate of drug-likeness (QED) is 0.211. The fourth-order valence-corrected chi connectivity index (χ4v) is 6.87. The van der Waals surface area contributed by atoms with Gasteiger partial charge in [0.1, 0.15) is 11.4 Å². The molecule has 1 N–H and O–H groups in total.